The minimum atomic E-state index is 0.711. The fourth-order valence-corrected chi connectivity index (χ4v) is 1.96. The lowest BCUT2D eigenvalue weighted by Gasteiger charge is -2.08. The summed E-state index contributed by atoms with van der Waals surface area (Å²) in [6.07, 6.45) is 3.66. The van der Waals surface area contributed by atoms with Crippen molar-refractivity contribution in [1.82, 2.24) is 15.0 Å². The molecule has 0 radical (unpaired) electrons. The highest BCUT2D eigenvalue weighted by molar-refractivity contribution is 9.10. The number of hydrogen-bond acceptors (Lipinski definition) is 4. The Kier molecular flexibility index (Phi) is 3.68. The zero-order chi connectivity index (χ0) is 12.3. The van der Waals surface area contributed by atoms with Crippen LogP contribution in [0.5, 0.6) is 0 Å². The van der Waals surface area contributed by atoms with Gasteiger partial charge in [-0.1, -0.05) is 0 Å². The Morgan fingerprint density at radius 2 is 2.12 bits per heavy atom. The minimum Gasteiger partial charge on any atom is -0.366 e. The van der Waals surface area contributed by atoms with E-state index in [0.29, 0.717) is 6.54 Å². The van der Waals surface area contributed by atoms with Gasteiger partial charge in [-0.3, -0.25) is 4.98 Å². The summed E-state index contributed by atoms with van der Waals surface area (Å²) >= 11 is 3.35. The lowest BCUT2D eigenvalue weighted by molar-refractivity contribution is 0.998. The second-order valence-corrected chi connectivity index (χ2v) is 4.59. The fourth-order valence-electron chi connectivity index (χ4n) is 1.49. The zero-order valence-electron chi connectivity index (χ0n) is 9.74. The number of anilines is 1. The summed E-state index contributed by atoms with van der Waals surface area (Å²) in [5.74, 6) is 1.55. The van der Waals surface area contributed by atoms with Crippen molar-refractivity contribution in [3.63, 3.8) is 0 Å². The van der Waals surface area contributed by atoms with Crippen molar-refractivity contribution in [3.8, 4) is 0 Å². The molecular formula is C12H13BrN4. The molecular weight excluding hydrogens is 280 g/mol. The highest BCUT2D eigenvalue weighted by atomic mass is 79.9. The van der Waals surface area contributed by atoms with Crippen LogP contribution in [-0.2, 0) is 6.54 Å². The molecule has 0 aliphatic carbocycles. The van der Waals surface area contributed by atoms with E-state index in [1.54, 1.807) is 6.20 Å². The number of halogens is 1. The predicted octanol–water partition coefficient (Wildman–Crippen LogP) is 2.86. The van der Waals surface area contributed by atoms with Crippen molar-refractivity contribution in [2.24, 2.45) is 0 Å². The molecule has 0 aliphatic heterocycles. The first-order valence-corrected chi connectivity index (χ1v) is 6.09. The molecule has 0 spiro atoms. The molecule has 0 atom stereocenters. The first-order valence-electron chi connectivity index (χ1n) is 5.29. The zero-order valence-corrected chi connectivity index (χ0v) is 11.3. The van der Waals surface area contributed by atoms with E-state index in [4.69, 9.17) is 0 Å². The Morgan fingerprint density at radius 3 is 2.82 bits per heavy atom. The van der Waals surface area contributed by atoms with E-state index < -0.39 is 0 Å². The van der Waals surface area contributed by atoms with Gasteiger partial charge in [-0.25, -0.2) is 9.97 Å². The smallest absolute Gasteiger partial charge is 0.131 e. The average Bonchev–Trinajstić information content (AvgIpc) is 2.27. The molecule has 88 valence electrons. The average molecular weight is 293 g/mol. The number of aromatic nitrogens is 3. The van der Waals surface area contributed by atoms with Gasteiger partial charge in [-0.05, 0) is 47.0 Å². The summed E-state index contributed by atoms with van der Waals surface area (Å²) in [7, 11) is 0. The molecule has 0 amide bonds. The Bertz CT molecular complexity index is 507. The van der Waals surface area contributed by atoms with E-state index in [9.17, 15) is 0 Å². The molecule has 4 nitrogen and oxygen atoms in total. The third-order valence-electron chi connectivity index (χ3n) is 2.41. The van der Waals surface area contributed by atoms with Crippen LogP contribution in [0.1, 0.15) is 17.0 Å². The third kappa shape index (κ3) is 3.23. The van der Waals surface area contributed by atoms with Gasteiger partial charge in [0.1, 0.15) is 16.2 Å². The van der Waals surface area contributed by atoms with E-state index in [0.717, 1.165) is 16.2 Å². The van der Waals surface area contributed by atoms with Gasteiger partial charge in [0.05, 0.1) is 0 Å². The van der Waals surface area contributed by atoms with E-state index in [1.807, 2.05) is 25.3 Å². The van der Waals surface area contributed by atoms with Crippen LogP contribution in [0.25, 0.3) is 0 Å². The Hall–Kier alpha value is -1.49. The molecule has 0 bridgehead atoms. The van der Waals surface area contributed by atoms with Gasteiger partial charge in [0.2, 0.25) is 0 Å². The summed E-state index contributed by atoms with van der Waals surface area (Å²) < 4.78 is 0.787. The van der Waals surface area contributed by atoms with Crippen LogP contribution in [0.15, 0.2) is 29.1 Å². The Morgan fingerprint density at radius 1 is 1.29 bits per heavy atom. The van der Waals surface area contributed by atoms with Gasteiger partial charge < -0.3 is 5.32 Å². The van der Waals surface area contributed by atoms with E-state index in [-0.39, 0.29) is 0 Å². The number of hydrogen-bond donors (Lipinski definition) is 1. The topological polar surface area (TPSA) is 50.7 Å². The number of aryl methyl sites for hydroxylation is 2. The molecule has 17 heavy (non-hydrogen) atoms. The minimum absolute atomic E-state index is 0.711. The molecule has 0 saturated carbocycles. The molecule has 0 aromatic carbocycles. The van der Waals surface area contributed by atoms with Gasteiger partial charge in [-0.15, -0.1) is 0 Å². The Balaban J connectivity index is 2.10. The lowest BCUT2D eigenvalue weighted by atomic mass is 10.1. The summed E-state index contributed by atoms with van der Waals surface area (Å²) in [6.45, 7) is 4.65. The summed E-state index contributed by atoms with van der Waals surface area (Å²) in [5, 5.41) is 3.26. The summed E-state index contributed by atoms with van der Waals surface area (Å²) in [6, 6.07) is 3.86. The Labute approximate surface area is 109 Å². The van der Waals surface area contributed by atoms with Crippen molar-refractivity contribution >= 4 is 21.7 Å². The van der Waals surface area contributed by atoms with E-state index in [1.165, 1.54) is 11.1 Å². The maximum atomic E-state index is 4.31. The van der Waals surface area contributed by atoms with Gasteiger partial charge in [0.25, 0.3) is 0 Å². The molecule has 0 saturated heterocycles. The summed E-state index contributed by atoms with van der Waals surface area (Å²) in [4.78, 5) is 12.6. The highest BCUT2D eigenvalue weighted by Gasteiger charge is 2.01. The maximum absolute atomic E-state index is 4.31. The van der Waals surface area contributed by atoms with Crippen molar-refractivity contribution in [3.05, 3.63) is 46.1 Å². The molecule has 5 heteroatoms. The van der Waals surface area contributed by atoms with Crippen molar-refractivity contribution < 1.29 is 0 Å². The standard InChI is InChI=1S/C12H13BrN4/c1-8-3-4-14-6-10(8)7-15-12-5-11(13)16-9(2)17-12/h3-6H,7H2,1-2H3,(H,15,16,17). The molecule has 2 aromatic rings. The fraction of sp³-hybridized carbons (Fsp3) is 0.250. The van der Waals surface area contributed by atoms with Crippen LogP contribution in [0, 0.1) is 13.8 Å². The molecule has 0 unspecified atom stereocenters. The quantitative estimate of drug-likeness (QED) is 0.884. The van der Waals surface area contributed by atoms with Crippen molar-refractivity contribution in [2.45, 2.75) is 20.4 Å². The maximum Gasteiger partial charge on any atom is 0.131 e. The number of rotatable bonds is 3. The van der Waals surface area contributed by atoms with E-state index >= 15 is 0 Å². The molecule has 2 aromatic heterocycles. The summed E-state index contributed by atoms with van der Waals surface area (Å²) in [5.41, 5.74) is 2.39. The number of pyridine rings is 1. The molecule has 1 N–H and O–H groups in total. The SMILES string of the molecule is Cc1nc(Br)cc(NCc2cnccc2C)n1. The van der Waals surface area contributed by atoms with Gasteiger partial charge in [0.15, 0.2) is 0 Å². The second-order valence-electron chi connectivity index (χ2n) is 3.78. The monoisotopic (exact) mass is 292 g/mol. The number of nitrogens with zero attached hydrogens (tertiary/aromatic N) is 3. The van der Waals surface area contributed by atoms with E-state index in [2.05, 4.69) is 43.1 Å². The normalized spacial score (nSPS) is 10.3. The van der Waals surface area contributed by atoms with Crippen LogP contribution >= 0.6 is 15.9 Å². The third-order valence-corrected chi connectivity index (χ3v) is 2.82. The largest absolute Gasteiger partial charge is 0.366 e. The van der Waals surface area contributed by atoms with Gasteiger partial charge >= 0.3 is 0 Å². The molecule has 2 heterocycles. The van der Waals surface area contributed by atoms with Crippen LogP contribution in [0.3, 0.4) is 0 Å². The second kappa shape index (κ2) is 5.23. The predicted molar refractivity (Wildman–Crippen MR) is 70.8 cm³/mol. The lowest BCUT2D eigenvalue weighted by Crippen LogP contribution is -2.04. The van der Waals surface area contributed by atoms with Crippen molar-refractivity contribution in [1.29, 1.82) is 0 Å². The highest BCUT2D eigenvalue weighted by Crippen LogP contribution is 2.13. The molecule has 2 rings (SSSR count). The molecule has 0 aliphatic rings. The van der Waals surface area contributed by atoms with Crippen LogP contribution < -0.4 is 5.32 Å². The molecule has 0 fully saturated rings. The van der Waals surface area contributed by atoms with Crippen molar-refractivity contribution in [2.75, 3.05) is 5.32 Å². The van der Waals surface area contributed by atoms with Crippen LogP contribution in [0.4, 0.5) is 5.82 Å². The van der Waals surface area contributed by atoms with Crippen LogP contribution in [0.2, 0.25) is 0 Å². The van der Waals surface area contributed by atoms with Gasteiger partial charge in [-0.2, -0.15) is 0 Å². The first kappa shape index (κ1) is 12.0. The first-order chi connectivity index (χ1) is 8.15. The van der Waals surface area contributed by atoms with Crippen LogP contribution in [-0.4, -0.2) is 15.0 Å². The number of nitrogens with one attached hydrogen (secondary N) is 1. The van der Waals surface area contributed by atoms with Gasteiger partial charge in [0, 0.05) is 25.0 Å².